The molecule has 2 aromatic carbocycles. The number of nitrogens with zero attached hydrogens (tertiary/aromatic N) is 1. The molecule has 0 aliphatic heterocycles. The van der Waals surface area contributed by atoms with Crippen molar-refractivity contribution in [2.45, 2.75) is 0 Å². The molecular weight excluding hydrogens is 320 g/mol. The predicted molar refractivity (Wildman–Crippen MR) is 81.3 cm³/mol. The highest BCUT2D eigenvalue weighted by Gasteiger charge is 2.15. The topological polar surface area (TPSA) is 65.2 Å². The third kappa shape index (κ3) is 1.63. The Balaban J connectivity index is 2.01. The van der Waals surface area contributed by atoms with Crippen LogP contribution < -0.4 is 5.73 Å². The lowest BCUT2D eigenvalue weighted by Crippen LogP contribution is -1.84. The number of hydrogen-bond donors (Lipinski definition) is 1. The van der Waals surface area contributed by atoms with Crippen molar-refractivity contribution in [1.29, 1.82) is 0 Å². The molecule has 4 aromatic rings. The monoisotopic (exact) mass is 328 g/mol. The van der Waals surface area contributed by atoms with Crippen molar-refractivity contribution in [3.63, 3.8) is 0 Å². The Kier molecular flexibility index (Phi) is 2.37. The maximum atomic E-state index is 5.95. The first-order chi connectivity index (χ1) is 9.72. The summed E-state index contributed by atoms with van der Waals surface area (Å²) in [5.74, 6) is 0.509. The van der Waals surface area contributed by atoms with Crippen LogP contribution in [0.4, 0.5) is 5.69 Å². The van der Waals surface area contributed by atoms with Crippen molar-refractivity contribution < 1.29 is 8.83 Å². The van der Waals surface area contributed by atoms with Crippen LogP contribution >= 0.6 is 15.9 Å². The summed E-state index contributed by atoms with van der Waals surface area (Å²) in [6.45, 7) is 0. The highest BCUT2D eigenvalue weighted by molar-refractivity contribution is 9.10. The first kappa shape index (κ1) is 11.5. The fourth-order valence-corrected chi connectivity index (χ4v) is 2.75. The van der Waals surface area contributed by atoms with Gasteiger partial charge in [0.25, 0.3) is 0 Å². The van der Waals surface area contributed by atoms with E-state index in [2.05, 4.69) is 20.9 Å². The van der Waals surface area contributed by atoms with Gasteiger partial charge in [-0.3, -0.25) is 0 Å². The van der Waals surface area contributed by atoms with E-state index >= 15 is 0 Å². The van der Waals surface area contributed by atoms with E-state index in [-0.39, 0.29) is 0 Å². The molecule has 0 radical (unpaired) electrons. The second-order valence-electron chi connectivity index (χ2n) is 4.51. The van der Waals surface area contributed by atoms with Crippen molar-refractivity contribution in [1.82, 2.24) is 4.98 Å². The van der Waals surface area contributed by atoms with Crippen molar-refractivity contribution in [3.8, 4) is 11.5 Å². The number of furan rings is 1. The zero-order valence-corrected chi connectivity index (χ0v) is 11.8. The Morgan fingerprint density at radius 2 is 2.00 bits per heavy atom. The van der Waals surface area contributed by atoms with Crippen LogP contribution in [0.3, 0.4) is 0 Å². The molecule has 0 aliphatic carbocycles. The number of anilines is 1. The summed E-state index contributed by atoms with van der Waals surface area (Å²) in [6.07, 6.45) is 1.65. The SMILES string of the molecule is Nc1cc(Br)cc2nc(-c3coc4ccccc34)oc12. The minimum Gasteiger partial charge on any atom is -0.463 e. The number of oxazole rings is 1. The Hall–Kier alpha value is -2.27. The number of halogens is 1. The molecule has 0 aliphatic rings. The molecule has 0 spiro atoms. The molecule has 0 bridgehead atoms. The smallest absolute Gasteiger partial charge is 0.231 e. The minimum absolute atomic E-state index is 0.509. The quantitative estimate of drug-likeness (QED) is 0.519. The van der Waals surface area contributed by atoms with Gasteiger partial charge in [0.15, 0.2) is 5.58 Å². The van der Waals surface area contributed by atoms with Gasteiger partial charge in [-0.2, -0.15) is 0 Å². The summed E-state index contributed by atoms with van der Waals surface area (Å²) < 4.78 is 12.2. The van der Waals surface area contributed by atoms with Gasteiger partial charge in [0.1, 0.15) is 17.4 Å². The van der Waals surface area contributed by atoms with Crippen LogP contribution in [0.1, 0.15) is 0 Å². The highest BCUT2D eigenvalue weighted by Crippen LogP contribution is 2.34. The summed E-state index contributed by atoms with van der Waals surface area (Å²) in [5.41, 5.74) is 9.45. The van der Waals surface area contributed by atoms with Gasteiger partial charge in [-0.15, -0.1) is 0 Å². The van der Waals surface area contributed by atoms with E-state index in [4.69, 9.17) is 14.6 Å². The molecular formula is C15H9BrN2O2. The van der Waals surface area contributed by atoms with E-state index in [0.29, 0.717) is 17.2 Å². The van der Waals surface area contributed by atoms with Gasteiger partial charge < -0.3 is 14.6 Å². The number of nitrogen functional groups attached to an aromatic ring is 1. The fraction of sp³-hybridized carbons (Fsp3) is 0. The first-order valence-corrected chi connectivity index (χ1v) is 6.84. The Labute approximate surface area is 122 Å². The summed E-state index contributed by atoms with van der Waals surface area (Å²) in [5, 5.41) is 0.969. The van der Waals surface area contributed by atoms with Crippen molar-refractivity contribution in [2.75, 3.05) is 5.73 Å². The lowest BCUT2D eigenvalue weighted by Gasteiger charge is -1.94. The third-order valence-electron chi connectivity index (χ3n) is 3.19. The van der Waals surface area contributed by atoms with Crippen LogP contribution in [-0.4, -0.2) is 4.98 Å². The van der Waals surface area contributed by atoms with Crippen LogP contribution in [0.25, 0.3) is 33.5 Å². The standard InChI is InChI=1S/C15H9BrN2O2/c16-8-5-11(17)14-12(6-8)18-15(20-14)10-7-19-13-4-2-1-3-9(10)13/h1-7H,17H2. The molecule has 2 N–H and O–H groups in total. The molecule has 0 fully saturated rings. The molecule has 4 nitrogen and oxygen atoms in total. The molecule has 2 heterocycles. The van der Waals surface area contributed by atoms with Crippen molar-refractivity contribution in [3.05, 3.63) is 47.1 Å². The van der Waals surface area contributed by atoms with Gasteiger partial charge in [0.05, 0.1) is 11.3 Å². The molecule has 0 saturated heterocycles. The highest BCUT2D eigenvalue weighted by atomic mass is 79.9. The number of benzene rings is 2. The van der Waals surface area contributed by atoms with Gasteiger partial charge in [-0.25, -0.2) is 4.98 Å². The van der Waals surface area contributed by atoms with Crippen LogP contribution in [0, 0.1) is 0 Å². The second-order valence-corrected chi connectivity index (χ2v) is 5.42. The number of nitrogens with two attached hydrogens (primary N) is 1. The fourth-order valence-electron chi connectivity index (χ4n) is 2.28. The number of hydrogen-bond acceptors (Lipinski definition) is 4. The average Bonchev–Trinajstić information content (AvgIpc) is 3.01. The Morgan fingerprint density at radius 1 is 1.15 bits per heavy atom. The molecule has 2 aromatic heterocycles. The lowest BCUT2D eigenvalue weighted by atomic mass is 10.2. The predicted octanol–water partition coefficient (Wildman–Crippen LogP) is 4.59. The lowest BCUT2D eigenvalue weighted by molar-refractivity contribution is 0.601. The normalized spacial score (nSPS) is 11.4. The molecule has 0 atom stereocenters. The van der Waals surface area contributed by atoms with Crippen molar-refractivity contribution >= 4 is 43.7 Å². The maximum absolute atomic E-state index is 5.95. The van der Waals surface area contributed by atoms with Gasteiger partial charge >= 0.3 is 0 Å². The van der Waals surface area contributed by atoms with E-state index in [9.17, 15) is 0 Å². The molecule has 4 rings (SSSR count). The molecule has 5 heteroatoms. The van der Waals surface area contributed by atoms with Gasteiger partial charge in [0.2, 0.25) is 5.89 Å². The number of para-hydroxylation sites is 1. The van der Waals surface area contributed by atoms with Crippen molar-refractivity contribution in [2.24, 2.45) is 0 Å². The van der Waals surface area contributed by atoms with Crippen LogP contribution in [0.2, 0.25) is 0 Å². The van der Waals surface area contributed by atoms with E-state index < -0.39 is 0 Å². The molecule has 98 valence electrons. The maximum Gasteiger partial charge on any atom is 0.231 e. The minimum atomic E-state index is 0.509. The largest absolute Gasteiger partial charge is 0.463 e. The van der Waals surface area contributed by atoms with E-state index in [1.807, 2.05) is 30.3 Å². The van der Waals surface area contributed by atoms with Gasteiger partial charge in [-0.05, 0) is 18.2 Å². The molecule has 20 heavy (non-hydrogen) atoms. The van der Waals surface area contributed by atoms with Crippen LogP contribution in [-0.2, 0) is 0 Å². The second kappa shape index (κ2) is 4.11. The molecule has 0 amide bonds. The van der Waals surface area contributed by atoms with Gasteiger partial charge in [-0.1, -0.05) is 34.1 Å². The van der Waals surface area contributed by atoms with E-state index in [1.54, 1.807) is 12.3 Å². The number of rotatable bonds is 1. The summed E-state index contributed by atoms with van der Waals surface area (Å²) in [7, 11) is 0. The number of fused-ring (bicyclic) bond motifs is 2. The van der Waals surface area contributed by atoms with E-state index in [0.717, 1.165) is 26.5 Å². The summed E-state index contributed by atoms with van der Waals surface area (Å²) in [4.78, 5) is 4.49. The Bertz CT molecular complexity index is 940. The first-order valence-electron chi connectivity index (χ1n) is 6.04. The third-order valence-corrected chi connectivity index (χ3v) is 3.65. The van der Waals surface area contributed by atoms with Gasteiger partial charge in [0, 0.05) is 9.86 Å². The summed E-state index contributed by atoms with van der Waals surface area (Å²) >= 11 is 3.40. The number of aromatic nitrogens is 1. The Morgan fingerprint density at radius 3 is 2.90 bits per heavy atom. The molecule has 0 unspecified atom stereocenters. The summed E-state index contributed by atoms with van der Waals surface area (Å²) in [6, 6.07) is 11.4. The molecule has 0 saturated carbocycles. The van der Waals surface area contributed by atoms with Crippen LogP contribution in [0.5, 0.6) is 0 Å². The zero-order chi connectivity index (χ0) is 13.7. The average molecular weight is 329 g/mol. The zero-order valence-electron chi connectivity index (χ0n) is 10.3. The van der Waals surface area contributed by atoms with E-state index in [1.165, 1.54) is 0 Å². The van der Waals surface area contributed by atoms with Crippen LogP contribution in [0.15, 0.2) is 56.0 Å².